The minimum absolute atomic E-state index is 0.217. The highest BCUT2D eigenvalue weighted by atomic mass is 32.1. The standard InChI is InChI=1S/C20H16N4O3S/c1-12-16(28-20(21-12)23-18(25)14-6-4-3-5-7-14)19-22-17(24-27-19)13-8-10-15(26-2)11-9-13/h3-11H,1-2H3,(H,21,23,25). The maximum atomic E-state index is 12.3. The maximum Gasteiger partial charge on any atom is 0.270 e. The van der Waals surface area contributed by atoms with Gasteiger partial charge in [-0.3, -0.25) is 10.1 Å². The van der Waals surface area contributed by atoms with Crippen LogP contribution < -0.4 is 10.1 Å². The Balaban J connectivity index is 1.55. The zero-order valence-electron chi connectivity index (χ0n) is 15.2. The predicted octanol–water partition coefficient (Wildman–Crippen LogP) is 4.43. The zero-order valence-corrected chi connectivity index (χ0v) is 16.0. The van der Waals surface area contributed by atoms with E-state index in [1.807, 2.05) is 49.4 Å². The Morgan fingerprint density at radius 2 is 1.82 bits per heavy atom. The predicted molar refractivity (Wildman–Crippen MR) is 107 cm³/mol. The third-order valence-electron chi connectivity index (χ3n) is 4.02. The van der Waals surface area contributed by atoms with Gasteiger partial charge in [0.05, 0.1) is 12.8 Å². The van der Waals surface area contributed by atoms with Gasteiger partial charge < -0.3 is 9.26 Å². The molecule has 0 atom stereocenters. The number of hydrogen-bond donors (Lipinski definition) is 1. The third-order valence-corrected chi connectivity index (χ3v) is 5.08. The summed E-state index contributed by atoms with van der Waals surface area (Å²) < 4.78 is 10.6. The van der Waals surface area contributed by atoms with Crippen molar-refractivity contribution < 1.29 is 14.1 Å². The van der Waals surface area contributed by atoms with Gasteiger partial charge in [-0.1, -0.05) is 34.7 Å². The Morgan fingerprint density at radius 3 is 2.54 bits per heavy atom. The second-order valence-electron chi connectivity index (χ2n) is 5.91. The third kappa shape index (κ3) is 3.63. The Hall–Kier alpha value is -3.52. The monoisotopic (exact) mass is 392 g/mol. The molecule has 0 aliphatic rings. The van der Waals surface area contributed by atoms with Crippen molar-refractivity contribution in [2.24, 2.45) is 0 Å². The van der Waals surface area contributed by atoms with Crippen LogP contribution in [-0.4, -0.2) is 28.1 Å². The summed E-state index contributed by atoms with van der Waals surface area (Å²) in [6.45, 7) is 1.83. The van der Waals surface area contributed by atoms with E-state index in [4.69, 9.17) is 9.26 Å². The zero-order chi connectivity index (χ0) is 19.5. The first-order valence-electron chi connectivity index (χ1n) is 8.46. The van der Waals surface area contributed by atoms with Crippen molar-refractivity contribution in [1.82, 2.24) is 15.1 Å². The number of rotatable bonds is 5. The van der Waals surface area contributed by atoms with E-state index >= 15 is 0 Å². The quantitative estimate of drug-likeness (QED) is 0.540. The fraction of sp³-hybridized carbons (Fsp3) is 0.100. The van der Waals surface area contributed by atoms with Crippen molar-refractivity contribution in [2.75, 3.05) is 12.4 Å². The lowest BCUT2D eigenvalue weighted by Gasteiger charge is -2.00. The van der Waals surface area contributed by atoms with Gasteiger partial charge in [-0.25, -0.2) is 4.98 Å². The lowest BCUT2D eigenvalue weighted by atomic mass is 10.2. The van der Waals surface area contributed by atoms with Crippen molar-refractivity contribution in [3.63, 3.8) is 0 Å². The Kier molecular flexibility index (Phi) is 4.86. The van der Waals surface area contributed by atoms with Gasteiger partial charge in [-0.05, 0) is 43.3 Å². The molecular formula is C20H16N4O3S. The number of amides is 1. The lowest BCUT2D eigenvalue weighted by molar-refractivity contribution is 0.102. The molecule has 0 saturated heterocycles. The molecular weight excluding hydrogens is 376 g/mol. The summed E-state index contributed by atoms with van der Waals surface area (Å²) in [4.78, 5) is 21.9. The van der Waals surface area contributed by atoms with Gasteiger partial charge in [-0.15, -0.1) is 0 Å². The van der Waals surface area contributed by atoms with Crippen molar-refractivity contribution in [2.45, 2.75) is 6.92 Å². The molecule has 0 aliphatic carbocycles. The summed E-state index contributed by atoms with van der Waals surface area (Å²) in [5, 5.41) is 7.32. The van der Waals surface area contributed by atoms with Crippen LogP contribution in [0.5, 0.6) is 5.75 Å². The number of benzene rings is 2. The van der Waals surface area contributed by atoms with E-state index in [0.717, 1.165) is 16.2 Å². The summed E-state index contributed by atoms with van der Waals surface area (Å²) >= 11 is 1.29. The van der Waals surface area contributed by atoms with Crippen molar-refractivity contribution in [3.8, 4) is 27.9 Å². The molecule has 0 spiro atoms. The largest absolute Gasteiger partial charge is 0.497 e. The first-order valence-corrected chi connectivity index (χ1v) is 9.28. The second kappa shape index (κ2) is 7.61. The van der Waals surface area contributed by atoms with Crippen LogP contribution in [0, 0.1) is 6.92 Å². The molecule has 0 aliphatic heterocycles. The van der Waals surface area contributed by atoms with Gasteiger partial charge in [0.15, 0.2) is 5.13 Å². The highest BCUT2D eigenvalue weighted by molar-refractivity contribution is 7.19. The number of methoxy groups -OCH3 is 1. The van der Waals surface area contributed by atoms with Crippen LogP contribution >= 0.6 is 11.3 Å². The molecule has 2 heterocycles. The molecule has 0 bridgehead atoms. The second-order valence-corrected chi connectivity index (χ2v) is 6.90. The van der Waals surface area contributed by atoms with Crippen LogP contribution in [-0.2, 0) is 0 Å². The number of aromatic nitrogens is 3. The van der Waals surface area contributed by atoms with Gasteiger partial charge in [0.1, 0.15) is 10.6 Å². The fourth-order valence-electron chi connectivity index (χ4n) is 2.58. The number of anilines is 1. The number of carbonyl (C=O) groups excluding carboxylic acids is 1. The van der Waals surface area contributed by atoms with Gasteiger partial charge in [0, 0.05) is 11.1 Å². The highest BCUT2D eigenvalue weighted by Gasteiger charge is 2.18. The summed E-state index contributed by atoms with van der Waals surface area (Å²) in [6.07, 6.45) is 0. The Bertz CT molecular complexity index is 1100. The smallest absolute Gasteiger partial charge is 0.270 e. The van der Waals surface area contributed by atoms with Crippen LogP contribution in [0.4, 0.5) is 5.13 Å². The minimum atomic E-state index is -0.217. The van der Waals surface area contributed by atoms with E-state index < -0.39 is 0 Å². The van der Waals surface area contributed by atoms with Gasteiger partial charge in [-0.2, -0.15) is 4.98 Å². The van der Waals surface area contributed by atoms with Crippen LogP contribution in [0.15, 0.2) is 59.1 Å². The molecule has 28 heavy (non-hydrogen) atoms. The molecule has 0 fully saturated rings. The average molecular weight is 392 g/mol. The topological polar surface area (TPSA) is 90.1 Å². The average Bonchev–Trinajstić information content (AvgIpc) is 3.35. The molecule has 4 aromatic rings. The molecule has 2 aromatic heterocycles. The van der Waals surface area contributed by atoms with Gasteiger partial charge in [0.2, 0.25) is 5.82 Å². The van der Waals surface area contributed by atoms with Crippen molar-refractivity contribution >= 4 is 22.4 Å². The minimum Gasteiger partial charge on any atom is -0.497 e. The number of nitrogens with one attached hydrogen (secondary N) is 1. The van der Waals surface area contributed by atoms with Crippen LogP contribution in [0.3, 0.4) is 0 Å². The summed E-state index contributed by atoms with van der Waals surface area (Å²) in [5.41, 5.74) is 2.09. The first-order chi connectivity index (χ1) is 13.6. The molecule has 8 heteroatoms. The molecule has 1 amide bonds. The lowest BCUT2D eigenvalue weighted by Crippen LogP contribution is -2.11. The van der Waals surface area contributed by atoms with Gasteiger partial charge >= 0.3 is 0 Å². The Labute approximate surface area is 165 Å². The summed E-state index contributed by atoms with van der Waals surface area (Å²) in [6, 6.07) is 16.4. The molecule has 0 unspecified atom stereocenters. The fourth-order valence-corrected chi connectivity index (χ4v) is 3.46. The van der Waals surface area contributed by atoms with E-state index in [-0.39, 0.29) is 5.91 Å². The van der Waals surface area contributed by atoms with E-state index in [9.17, 15) is 4.79 Å². The molecule has 0 radical (unpaired) electrons. The molecule has 4 rings (SSSR count). The van der Waals surface area contributed by atoms with Crippen LogP contribution in [0.2, 0.25) is 0 Å². The number of hydrogen-bond acceptors (Lipinski definition) is 7. The molecule has 140 valence electrons. The molecule has 2 aromatic carbocycles. The summed E-state index contributed by atoms with van der Waals surface area (Å²) in [5.74, 6) is 1.37. The first kappa shape index (κ1) is 17.9. The van der Waals surface area contributed by atoms with Crippen LogP contribution in [0.25, 0.3) is 22.2 Å². The SMILES string of the molecule is COc1ccc(-c2noc(-c3sc(NC(=O)c4ccccc4)nc3C)n2)cc1. The summed E-state index contributed by atoms with van der Waals surface area (Å²) in [7, 11) is 1.61. The van der Waals surface area contributed by atoms with Crippen molar-refractivity contribution in [1.29, 1.82) is 0 Å². The molecule has 7 nitrogen and oxygen atoms in total. The van der Waals surface area contributed by atoms with E-state index in [2.05, 4.69) is 20.4 Å². The van der Waals surface area contributed by atoms with E-state index in [1.165, 1.54) is 11.3 Å². The number of nitrogens with zero attached hydrogens (tertiary/aromatic N) is 3. The maximum absolute atomic E-state index is 12.3. The molecule has 0 saturated carbocycles. The van der Waals surface area contributed by atoms with E-state index in [1.54, 1.807) is 19.2 Å². The Morgan fingerprint density at radius 1 is 1.07 bits per heavy atom. The number of ether oxygens (including phenoxy) is 1. The number of carbonyl (C=O) groups is 1. The molecule has 1 N–H and O–H groups in total. The number of aryl methyl sites for hydroxylation is 1. The van der Waals surface area contributed by atoms with Gasteiger partial charge in [0.25, 0.3) is 11.8 Å². The van der Waals surface area contributed by atoms with Crippen molar-refractivity contribution in [3.05, 3.63) is 65.9 Å². The van der Waals surface area contributed by atoms with Crippen LogP contribution in [0.1, 0.15) is 16.1 Å². The highest BCUT2D eigenvalue weighted by Crippen LogP contribution is 2.33. The number of thiazole rings is 1. The normalized spacial score (nSPS) is 10.6. The van der Waals surface area contributed by atoms with E-state index in [0.29, 0.717) is 28.1 Å².